The molecule has 0 aliphatic carbocycles. The van der Waals surface area contributed by atoms with Crippen LogP contribution in [0.3, 0.4) is 0 Å². The van der Waals surface area contributed by atoms with Gasteiger partial charge in [-0.15, -0.1) is 0 Å². The number of hydrogen-bond donors (Lipinski definition) is 1. The largest absolute Gasteiger partial charge is 0.369 e. The molecule has 2 heterocycles. The van der Waals surface area contributed by atoms with Crippen LogP contribution in [0.25, 0.3) is 0 Å². The summed E-state index contributed by atoms with van der Waals surface area (Å²) in [5, 5.41) is 11.7. The lowest BCUT2D eigenvalue weighted by atomic mass is 10.1. The van der Waals surface area contributed by atoms with E-state index in [2.05, 4.69) is 26.3 Å². The number of nitrogens with one attached hydrogen (secondary N) is 1. The minimum atomic E-state index is 0.488. The summed E-state index contributed by atoms with van der Waals surface area (Å²) in [5.74, 6) is 2.59. The summed E-state index contributed by atoms with van der Waals surface area (Å²) in [6.45, 7) is 4.69. The molecular weight excluding hydrogens is 226 g/mol. The molecule has 18 heavy (non-hydrogen) atoms. The average Bonchev–Trinajstić information content (AvgIpc) is 2.39. The highest BCUT2D eigenvalue weighted by Crippen LogP contribution is 2.20. The van der Waals surface area contributed by atoms with Crippen LogP contribution in [0.1, 0.15) is 31.5 Å². The van der Waals surface area contributed by atoms with Crippen LogP contribution in [0.2, 0.25) is 0 Å². The number of nitrogens with zero attached hydrogens (tertiary/aromatic N) is 4. The lowest BCUT2D eigenvalue weighted by Gasteiger charge is -2.28. The van der Waals surface area contributed by atoms with Gasteiger partial charge in [0.15, 0.2) is 0 Å². The van der Waals surface area contributed by atoms with Crippen LogP contribution >= 0.6 is 0 Å². The van der Waals surface area contributed by atoms with Gasteiger partial charge in [-0.2, -0.15) is 5.26 Å². The molecule has 0 atom stereocenters. The van der Waals surface area contributed by atoms with Crippen molar-refractivity contribution in [2.45, 2.75) is 32.6 Å². The molecule has 0 bridgehead atoms. The molecule has 1 aliphatic rings. The molecule has 2 rings (SSSR count). The monoisotopic (exact) mass is 245 g/mol. The third-order valence-corrected chi connectivity index (χ3v) is 3.05. The quantitative estimate of drug-likeness (QED) is 0.823. The summed E-state index contributed by atoms with van der Waals surface area (Å²) in [5.41, 5.74) is 0. The van der Waals surface area contributed by atoms with E-state index in [1.165, 1.54) is 19.3 Å². The Morgan fingerprint density at radius 1 is 1.33 bits per heavy atom. The van der Waals surface area contributed by atoms with E-state index >= 15 is 0 Å². The molecule has 1 fully saturated rings. The molecule has 1 aliphatic heterocycles. The van der Waals surface area contributed by atoms with Gasteiger partial charge in [0.1, 0.15) is 17.5 Å². The van der Waals surface area contributed by atoms with E-state index in [0.29, 0.717) is 13.0 Å². The number of hydrogen-bond acceptors (Lipinski definition) is 5. The lowest BCUT2D eigenvalue weighted by Crippen LogP contribution is -2.30. The van der Waals surface area contributed by atoms with E-state index in [0.717, 1.165) is 30.5 Å². The Morgan fingerprint density at radius 2 is 2.11 bits per heavy atom. The predicted octanol–water partition coefficient (Wildman–Crippen LogP) is 2.10. The molecule has 0 spiro atoms. The summed E-state index contributed by atoms with van der Waals surface area (Å²) < 4.78 is 0. The van der Waals surface area contributed by atoms with Crippen molar-refractivity contribution in [1.29, 1.82) is 5.26 Å². The fourth-order valence-corrected chi connectivity index (χ4v) is 2.17. The maximum Gasteiger partial charge on any atom is 0.134 e. The normalized spacial score (nSPS) is 15.2. The van der Waals surface area contributed by atoms with Crippen molar-refractivity contribution in [3.8, 4) is 6.07 Å². The number of aromatic nitrogens is 2. The van der Waals surface area contributed by atoms with Crippen molar-refractivity contribution in [1.82, 2.24) is 9.97 Å². The number of nitriles is 1. The molecule has 1 saturated heterocycles. The molecular formula is C13H19N5. The van der Waals surface area contributed by atoms with Crippen LogP contribution < -0.4 is 10.2 Å². The summed E-state index contributed by atoms with van der Waals surface area (Å²) in [4.78, 5) is 11.2. The molecule has 96 valence electrons. The molecule has 5 nitrogen and oxygen atoms in total. The molecule has 0 amide bonds. The Balaban J connectivity index is 2.07. The van der Waals surface area contributed by atoms with Crippen molar-refractivity contribution < 1.29 is 0 Å². The number of piperidine rings is 1. The first-order chi connectivity index (χ1) is 8.79. The number of rotatable bonds is 4. The molecule has 0 radical (unpaired) electrons. The fraction of sp³-hybridized carbons (Fsp3) is 0.615. The second-order valence-electron chi connectivity index (χ2n) is 4.54. The Labute approximate surface area is 108 Å². The summed E-state index contributed by atoms with van der Waals surface area (Å²) in [6, 6.07) is 4.10. The maximum atomic E-state index is 8.53. The zero-order valence-corrected chi connectivity index (χ0v) is 10.8. The minimum Gasteiger partial charge on any atom is -0.369 e. The first-order valence-electron chi connectivity index (χ1n) is 6.51. The van der Waals surface area contributed by atoms with Crippen LogP contribution in [0.5, 0.6) is 0 Å². The molecule has 1 aromatic rings. The number of aryl methyl sites for hydroxylation is 1. The van der Waals surface area contributed by atoms with Gasteiger partial charge in [0.05, 0.1) is 12.5 Å². The number of anilines is 2. The van der Waals surface area contributed by atoms with Crippen molar-refractivity contribution in [2.75, 3.05) is 29.9 Å². The highest BCUT2D eigenvalue weighted by Gasteiger charge is 2.13. The summed E-state index contributed by atoms with van der Waals surface area (Å²) >= 11 is 0. The zero-order chi connectivity index (χ0) is 12.8. The Bertz CT molecular complexity index is 431. The van der Waals surface area contributed by atoms with Gasteiger partial charge in [-0.1, -0.05) is 0 Å². The minimum absolute atomic E-state index is 0.488. The van der Waals surface area contributed by atoms with E-state index in [4.69, 9.17) is 5.26 Å². The second-order valence-corrected chi connectivity index (χ2v) is 4.54. The second kappa shape index (κ2) is 6.20. The zero-order valence-electron chi connectivity index (χ0n) is 10.8. The lowest BCUT2D eigenvalue weighted by molar-refractivity contribution is 0.572. The van der Waals surface area contributed by atoms with Crippen molar-refractivity contribution in [3.05, 3.63) is 11.9 Å². The van der Waals surface area contributed by atoms with E-state index in [1.807, 2.05) is 13.0 Å². The first-order valence-corrected chi connectivity index (χ1v) is 6.51. The Morgan fingerprint density at radius 3 is 2.83 bits per heavy atom. The van der Waals surface area contributed by atoms with Crippen LogP contribution in [-0.2, 0) is 0 Å². The molecule has 0 saturated carbocycles. The van der Waals surface area contributed by atoms with Crippen LogP contribution in [0, 0.1) is 18.3 Å². The van der Waals surface area contributed by atoms with Crippen LogP contribution in [-0.4, -0.2) is 29.6 Å². The van der Waals surface area contributed by atoms with Crippen molar-refractivity contribution in [2.24, 2.45) is 0 Å². The summed E-state index contributed by atoms with van der Waals surface area (Å²) in [7, 11) is 0. The van der Waals surface area contributed by atoms with Gasteiger partial charge in [-0.05, 0) is 26.2 Å². The van der Waals surface area contributed by atoms with Crippen molar-refractivity contribution >= 4 is 11.6 Å². The highest BCUT2D eigenvalue weighted by atomic mass is 15.2. The third-order valence-electron chi connectivity index (χ3n) is 3.05. The summed E-state index contributed by atoms with van der Waals surface area (Å²) in [6.07, 6.45) is 4.27. The van der Waals surface area contributed by atoms with E-state index < -0.39 is 0 Å². The molecule has 5 heteroatoms. The first kappa shape index (κ1) is 12.6. The molecule has 0 unspecified atom stereocenters. The smallest absolute Gasteiger partial charge is 0.134 e. The van der Waals surface area contributed by atoms with Crippen molar-refractivity contribution in [3.63, 3.8) is 0 Å². The van der Waals surface area contributed by atoms with Gasteiger partial charge in [-0.3, -0.25) is 0 Å². The topological polar surface area (TPSA) is 64.8 Å². The van der Waals surface area contributed by atoms with Crippen LogP contribution in [0.15, 0.2) is 6.07 Å². The highest BCUT2D eigenvalue weighted by molar-refractivity contribution is 5.49. The van der Waals surface area contributed by atoms with Gasteiger partial charge < -0.3 is 10.2 Å². The van der Waals surface area contributed by atoms with Gasteiger partial charge in [0.2, 0.25) is 0 Å². The van der Waals surface area contributed by atoms with E-state index in [-0.39, 0.29) is 0 Å². The molecule has 1 aromatic heterocycles. The Kier molecular flexibility index (Phi) is 4.35. The van der Waals surface area contributed by atoms with Gasteiger partial charge in [0, 0.05) is 25.7 Å². The van der Waals surface area contributed by atoms with Gasteiger partial charge >= 0.3 is 0 Å². The molecule has 0 aromatic carbocycles. The van der Waals surface area contributed by atoms with Gasteiger partial charge in [-0.25, -0.2) is 9.97 Å². The Hall–Kier alpha value is -1.83. The van der Waals surface area contributed by atoms with Crippen LogP contribution in [0.4, 0.5) is 11.6 Å². The fourth-order valence-electron chi connectivity index (χ4n) is 2.17. The van der Waals surface area contributed by atoms with E-state index in [9.17, 15) is 0 Å². The van der Waals surface area contributed by atoms with E-state index in [1.54, 1.807) is 0 Å². The SMILES string of the molecule is Cc1nc(NCCC#N)cc(N2CCCCC2)n1. The predicted molar refractivity (Wildman–Crippen MR) is 71.6 cm³/mol. The molecule has 1 N–H and O–H groups in total. The van der Waals surface area contributed by atoms with Gasteiger partial charge in [0.25, 0.3) is 0 Å². The third kappa shape index (κ3) is 3.33. The average molecular weight is 245 g/mol. The standard InChI is InChI=1S/C13H19N5/c1-11-16-12(15-7-5-6-14)10-13(17-11)18-8-3-2-4-9-18/h10H,2-5,7-9H2,1H3,(H,15,16,17). The maximum absolute atomic E-state index is 8.53.